The number of esters is 1. The van der Waals surface area contributed by atoms with Crippen LogP contribution in [0.4, 0.5) is 5.69 Å². The van der Waals surface area contributed by atoms with Crippen LogP contribution < -0.4 is 0 Å². The molecule has 0 atom stereocenters. The van der Waals surface area contributed by atoms with Crippen LogP contribution in [0.1, 0.15) is 28.5 Å². The molecule has 0 radical (unpaired) electrons. The maximum absolute atomic E-state index is 12.6. The van der Waals surface area contributed by atoms with Crippen molar-refractivity contribution in [2.24, 2.45) is 0 Å². The van der Waals surface area contributed by atoms with Crippen LogP contribution in [0, 0.1) is 21.4 Å². The quantitative estimate of drug-likeness (QED) is 0.361. The van der Waals surface area contributed by atoms with E-state index in [-0.39, 0.29) is 16.8 Å². The van der Waals surface area contributed by atoms with E-state index in [1.54, 1.807) is 0 Å². The van der Waals surface area contributed by atoms with Crippen molar-refractivity contribution in [2.45, 2.75) is 13.3 Å². The fraction of sp³-hybridized carbons (Fsp3) is 0.136. The summed E-state index contributed by atoms with van der Waals surface area (Å²) in [5, 5.41) is 21.0. The number of pyridine rings is 1. The van der Waals surface area contributed by atoms with Crippen LogP contribution in [0.25, 0.3) is 22.4 Å². The molecule has 3 rings (SSSR count). The number of aromatic nitrogens is 1. The Bertz CT molecular complexity index is 1120. The number of aryl methyl sites for hydroxylation is 1. The van der Waals surface area contributed by atoms with Gasteiger partial charge in [-0.25, -0.2) is 4.79 Å². The van der Waals surface area contributed by atoms with Gasteiger partial charge in [-0.2, -0.15) is 5.26 Å². The second-order valence-corrected chi connectivity index (χ2v) is 6.16. The summed E-state index contributed by atoms with van der Waals surface area (Å²) < 4.78 is 4.95. The maximum atomic E-state index is 12.6. The molecular formula is C22H17N3O4. The average molecular weight is 387 g/mol. The van der Waals surface area contributed by atoms with Crippen molar-refractivity contribution in [3.8, 4) is 28.5 Å². The maximum Gasteiger partial charge on any atom is 0.340 e. The summed E-state index contributed by atoms with van der Waals surface area (Å²) in [5.74, 6) is -0.612. The lowest BCUT2D eigenvalue weighted by Crippen LogP contribution is -2.12. The number of nitro groups is 1. The van der Waals surface area contributed by atoms with Gasteiger partial charge in [0.25, 0.3) is 5.69 Å². The Morgan fingerprint density at radius 3 is 2.31 bits per heavy atom. The van der Waals surface area contributed by atoms with E-state index in [0.717, 1.165) is 5.56 Å². The number of nitriles is 1. The van der Waals surface area contributed by atoms with Gasteiger partial charge in [0.15, 0.2) is 0 Å². The number of non-ortho nitro benzene ring substituents is 1. The van der Waals surface area contributed by atoms with Crippen LogP contribution in [-0.4, -0.2) is 23.0 Å². The molecule has 0 unspecified atom stereocenters. The van der Waals surface area contributed by atoms with Gasteiger partial charge in [0.2, 0.25) is 0 Å². The lowest BCUT2D eigenvalue weighted by atomic mass is 9.90. The third-order valence-electron chi connectivity index (χ3n) is 4.52. The van der Waals surface area contributed by atoms with Crippen LogP contribution in [0.5, 0.6) is 0 Å². The topological polar surface area (TPSA) is 106 Å². The lowest BCUT2D eigenvalue weighted by molar-refractivity contribution is -0.384. The van der Waals surface area contributed by atoms with Crippen molar-refractivity contribution in [3.63, 3.8) is 0 Å². The third-order valence-corrected chi connectivity index (χ3v) is 4.52. The van der Waals surface area contributed by atoms with Crippen molar-refractivity contribution in [3.05, 3.63) is 81.5 Å². The van der Waals surface area contributed by atoms with E-state index in [2.05, 4.69) is 11.1 Å². The molecular weight excluding hydrogens is 370 g/mol. The number of rotatable bonds is 5. The van der Waals surface area contributed by atoms with Gasteiger partial charge in [-0.15, -0.1) is 0 Å². The van der Waals surface area contributed by atoms with Gasteiger partial charge < -0.3 is 4.74 Å². The molecule has 144 valence electrons. The Labute approximate surface area is 167 Å². The molecule has 0 saturated carbocycles. The summed E-state index contributed by atoms with van der Waals surface area (Å²) in [7, 11) is 1.26. The van der Waals surface area contributed by atoms with Crippen molar-refractivity contribution in [2.75, 3.05) is 7.11 Å². The highest BCUT2D eigenvalue weighted by atomic mass is 16.6. The van der Waals surface area contributed by atoms with Crippen LogP contribution in [0.2, 0.25) is 0 Å². The first-order valence-corrected chi connectivity index (χ1v) is 8.87. The zero-order valence-corrected chi connectivity index (χ0v) is 15.9. The van der Waals surface area contributed by atoms with Crippen molar-refractivity contribution in [1.82, 2.24) is 4.98 Å². The number of nitro benzene ring substituents is 1. The van der Waals surface area contributed by atoms with E-state index in [1.165, 1.54) is 31.4 Å². The summed E-state index contributed by atoms with van der Waals surface area (Å²) in [6.07, 6.45) is 0.440. The molecule has 0 spiro atoms. The minimum absolute atomic E-state index is 0.0834. The first-order valence-electron chi connectivity index (χ1n) is 8.87. The molecule has 0 saturated heterocycles. The summed E-state index contributed by atoms with van der Waals surface area (Å²) in [6, 6.07) is 17.1. The molecule has 0 N–H and O–H groups in total. The highest BCUT2D eigenvalue weighted by molar-refractivity contribution is 6.01. The Hall–Kier alpha value is -4.05. The Balaban J connectivity index is 2.40. The highest BCUT2D eigenvalue weighted by Crippen LogP contribution is 2.36. The van der Waals surface area contributed by atoms with Crippen LogP contribution in [-0.2, 0) is 11.2 Å². The van der Waals surface area contributed by atoms with E-state index < -0.39 is 10.9 Å². The number of hydrogen-bond acceptors (Lipinski definition) is 6. The second kappa shape index (κ2) is 8.31. The molecule has 1 aromatic heterocycles. The Kier molecular flexibility index (Phi) is 5.65. The van der Waals surface area contributed by atoms with E-state index in [9.17, 15) is 20.2 Å². The number of methoxy groups -OCH3 is 1. The molecule has 0 aliphatic heterocycles. The Morgan fingerprint density at radius 1 is 1.14 bits per heavy atom. The molecule has 0 amide bonds. The van der Waals surface area contributed by atoms with Crippen molar-refractivity contribution in [1.29, 1.82) is 5.26 Å². The van der Waals surface area contributed by atoms with Crippen molar-refractivity contribution < 1.29 is 14.5 Å². The summed E-state index contributed by atoms with van der Waals surface area (Å²) in [6.45, 7) is 1.86. The zero-order valence-electron chi connectivity index (χ0n) is 15.9. The second-order valence-electron chi connectivity index (χ2n) is 6.16. The molecule has 2 aromatic carbocycles. The molecule has 0 bridgehead atoms. The fourth-order valence-corrected chi connectivity index (χ4v) is 3.16. The van der Waals surface area contributed by atoms with Crippen LogP contribution in [0.15, 0.2) is 54.6 Å². The van der Waals surface area contributed by atoms with Gasteiger partial charge >= 0.3 is 5.97 Å². The predicted molar refractivity (Wildman–Crippen MR) is 107 cm³/mol. The summed E-state index contributed by atoms with van der Waals surface area (Å²) >= 11 is 0. The molecule has 3 aromatic rings. The minimum atomic E-state index is -0.612. The summed E-state index contributed by atoms with van der Waals surface area (Å²) in [5.41, 5.74) is 2.86. The fourth-order valence-electron chi connectivity index (χ4n) is 3.16. The van der Waals surface area contributed by atoms with Crippen molar-refractivity contribution >= 4 is 11.7 Å². The van der Waals surface area contributed by atoms with E-state index in [1.807, 2.05) is 37.3 Å². The van der Waals surface area contributed by atoms with Gasteiger partial charge in [-0.3, -0.25) is 15.1 Å². The van der Waals surface area contributed by atoms with Crippen LogP contribution >= 0.6 is 0 Å². The highest BCUT2D eigenvalue weighted by Gasteiger charge is 2.26. The number of nitrogens with zero attached hydrogens (tertiary/aromatic N) is 3. The first kappa shape index (κ1) is 19.7. The van der Waals surface area contributed by atoms with Gasteiger partial charge in [0.1, 0.15) is 6.07 Å². The first-order chi connectivity index (χ1) is 14.0. The molecule has 0 fully saturated rings. The number of carbonyl (C=O) groups is 1. The Morgan fingerprint density at radius 2 is 1.79 bits per heavy atom. The number of hydrogen-bond donors (Lipinski definition) is 0. The van der Waals surface area contributed by atoms with Gasteiger partial charge in [-0.1, -0.05) is 37.3 Å². The van der Waals surface area contributed by atoms with Gasteiger partial charge in [0, 0.05) is 23.3 Å². The van der Waals surface area contributed by atoms with E-state index in [4.69, 9.17) is 4.74 Å². The minimum Gasteiger partial charge on any atom is -0.465 e. The lowest BCUT2D eigenvalue weighted by Gasteiger charge is -2.17. The zero-order chi connectivity index (χ0) is 21.0. The molecule has 0 aliphatic rings. The molecule has 1 heterocycles. The average Bonchev–Trinajstić information content (AvgIpc) is 2.77. The molecule has 29 heavy (non-hydrogen) atoms. The smallest absolute Gasteiger partial charge is 0.340 e. The predicted octanol–water partition coefficient (Wildman–Crippen LogP) is 4.54. The van der Waals surface area contributed by atoms with Gasteiger partial charge in [0.05, 0.1) is 34.5 Å². The SMILES string of the molecule is CCc1nc(-c2ccccc2)c(C#N)c(-c2ccc([N+](=O)[O-])cc2)c1C(=O)OC. The number of benzene rings is 2. The number of ether oxygens (including phenoxy) is 1. The summed E-state index contributed by atoms with van der Waals surface area (Å²) in [4.78, 5) is 27.7. The normalized spacial score (nSPS) is 10.2. The third kappa shape index (κ3) is 3.69. The molecule has 7 heteroatoms. The van der Waals surface area contributed by atoms with E-state index >= 15 is 0 Å². The number of carbonyl (C=O) groups excluding carboxylic acids is 1. The van der Waals surface area contributed by atoms with E-state index in [0.29, 0.717) is 28.9 Å². The standard InChI is InChI=1S/C22H17N3O4/c1-3-18-20(22(26)29-2)19(14-9-11-16(12-10-14)25(27)28)17(13-23)21(24-18)15-7-5-4-6-8-15/h4-12H,3H2,1-2H3. The monoisotopic (exact) mass is 387 g/mol. The molecule has 7 nitrogen and oxygen atoms in total. The van der Waals surface area contributed by atoms with Crippen LogP contribution in [0.3, 0.4) is 0 Å². The van der Waals surface area contributed by atoms with Gasteiger partial charge in [-0.05, 0) is 24.1 Å². The largest absolute Gasteiger partial charge is 0.465 e. The molecule has 0 aliphatic carbocycles.